The molecule has 1 fully saturated rings. The van der Waals surface area contributed by atoms with Gasteiger partial charge in [0.15, 0.2) is 0 Å². The van der Waals surface area contributed by atoms with Gasteiger partial charge < -0.3 is 15.5 Å². The number of rotatable bonds is 1. The fourth-order valence-electron chi connectivity index (χ4n) is 3.31. The molecule has 0 aliphatic carbocycles. The second-order valence-electron chi connectivity index (χ2n) is 5.50. The lowest BCUT2D eigenvalue weighted by Gasteiger charge is -2.39. The summed E-state index contributed by atoms with van der Waals surface area (Å²) >= 11 is 0. The maximum Gasteiger partial charge on any atom is 0.317 e. The van der Waals surface area contributed by atoms with Crippen molar-refractivity contribution in [2.45, 2.75) is 25.2 Å². The third-order valence-corrected chi connectivity index (χ3v) is 4.45. The van der Waals surface area contributed by atoms with E-state index in [1.807, 2.05) is 11.8 Å². The lowest BCUT2D eigenvalue weighted by molar-refractivity contribution is 0.163. The molecule has 2 aliphatic rings. The van der Waals surface area contributed by atoms with Gasteiger partial charge in [-0.05, 0) is 31.4 Å². The molecule has 2 amide bonds. The topological polar surface area (TPSA) is 44.4 Å². The molecule has 4 nitrogen and oxygen atoms in total. The Balaban J connectivity index is 1.72. The molecule has 0 atom stereocenters. The van der Waals surface area contributed by atoms with Gasteiger partial charge in [-0.15, -0.1) is 0 Å². The zero-order valence-electron chi connectivity index (χ0n) is 11.4. The normalized spacial score (nSPS) is 19.9. The van der Waals surface area contributed by atoms with Crippen molar-refractivity contribution in [2.24, 2.45) is 0 Å². The molecule has 3 rings (SSSR count). The van der Waals surface area contributed by atoms with E-state index in [4.69, 9.17) is 0 Å². The predicted molar refractivity (Wildman–Crippen MR) is 76.5 cm³/mol. The first-order valence-corrected chi connectivity index (χ1v) is 7.11. The molecule has 2 heterocycles. The van der Waals surface area contributed by atoms with Crippen LogP contribution in [0.25, 0.3) is 0 Å². The molecule has 1 saturated heterocycles. The number of likely N-dealkylation sites (tertiary alicyclic amines) is 1. The first kappa shape index (κ1) is 12.3. The Morgan fingerprint density at radius 1 is 1.37 bits per heavy atom. The van der Waals surface area contributed by atoms with Crippen LogP contribution in [0.3, 0.4) is 0 Å². The molecule has 0 bridgehead atoms. The van der Waals surface area contributed by atoms with Crippen molar-refractivity contribution in [1.29, 1.82) is 0 Å². The van der Waals surface area contributed by atoms with Crippen LogP contribution in [-0.4, -0.2) is 37.1 Å². The Labute approximate surface area is 114 Å². The van der Waals surface area contributed by atoms with Gasteiger partial charge in [-0.25, -0.2) is 4.79 Å². The monoisotopic (exact) mass is 259 g/mol. The summed E-state index contributed by atoms with van der Waals surface area (Å²) in [7, 11) is 0. The number of hydrogen-bond acceptors (Lipinski definition) is 2. The zero-order chi connectivity index (χ0) is 13.3. The Morgan fingerprint density at radius 2 is 2.11 bits per heavy atom. The third-order valence-electron chi connectivity index (χ3n) is 4.45. The molecule has 1 aromatic carbocycles. The maximum absolute atomic E-state index is 11.8. The van der Waals surface area contributed by atoms with Crippen LogP contribution >= 0.6 is 0 Å². The minimum atomic E-state index is 0.0802. The van der Waals surface area contributed by atoms with Crippen LogP contribution in [0.2, 0.25) is 0 Å². The highest BCUT2D eigenvalue weighted by Crippen LogP contribution is 2.43. The highest BCUT2D eigenvalue weighted by molar-refractivity contribution is 5.74. The first-order chi connectivity index (χ1) is 9.25. The number of fused-ring (bicyclic) bond motifs is 2. The quantitative estimate of drug-likeness (QED) is 0.812. The predicted octanol–water partition coefficient (Wildman–Crippen LogP) is 2.18. The van der Waals surface area contributed by atoms with E-state index in [1.54, 1.807) is 0 Å². The molecular formula is C15H21N3O. The molecule has 0 unspecified atom stereocenters. The number of urea groups is 1. The van der Waals surface area contributed by atoms with Crippen molar-refractivity contribution >= 4 is 11.7 Å². The van der Waals surface area contributed by atoms with Crippen molar-refractivity contribution < 1.29 is 4.79 Å². The molecule has 2 N–H and O–H groups in total. The first-order valence-electron chi connectivity index (χ1n) is 7.11. The molecule has 1 aromatic rings. The highest BCUT2D eigenvalue weighted by Gasteiger charge is 2.41. The summed E-state index contributed by atoms with van der Waals surface area (Å²) in [4.78, 5) is 13.8. The molecule has 19 heavy (non-hydrogen) atoms. The number of para-hydroxylation sites is 1. The van der Waals surface area contributed by atoms with E-state index in [0.29, 0.717) is 6.54 Å². The fraction of sp³-hybridized carbons (Fsp3) is 0.533. The van der Waals surface area contributed by atoms with Crippen LogP contribution in [0.5, 0.6) is 0 Å². The van der Waals surface area contributed by atoms with E-state index in [-0.39, 0.29) is 11.4 Å². The van der Waals surface area contributed by atoms with Gasteiger partial charge in [0.05, 0.1) is 0 Å². The van der Waals surface area contributed by atoms with E-state index in [1.165, 1.54) is 11.3 Å². The Bertz CT molecular complexity index is 478. The smallest absolute Gasteiger partial charge is 0.317 e. The van der Waals surface area contributed by atoms with Gasteiger partial charge >= 0.3 is 6.03 Å². The van der Waals surface area contributed by atoms with Crippen LogP contribution in [0, 0.1) is 0 Å². The molecule has 1 spiro atoms. The molecule has 0 aromatic heterocycles. The van der Waals surface area contributed by atoms with Crippen LogP contribution in [0.15, 0.2) is 24.3 Å². The number of benzene rings is 1. The van der Waals surface area contributed by atoms with Crippen molar-refractivity contribution in [1.82, 2.24) is 10.2 Å². The number of nitrogens with one attached hydrogen (secondary N) is 2. The van der Waals surface area contributed by atoms with E-state index >= 15 is 0 Å². The van der Waals surface area contributed by atoms with Gasteiger partial charge in [0, 0.05) is 37.3 Å². The summed E-state index contributed by atoms with van der Waals surface area (Å²) in [5.41, 5.74) is 2.94. The zero-order valence-corrected chi connectivity index (χ0v) is 11.4. The van der Waals surface area contributed by atoms with Crippen molar-refractivity contribution in [3.05, 3.63) is 29.8 Å². The van der Waals surface area contributed by atoms with Crippen LogP contribution < -0.4 is 10.6 Å². The number of carbonyl (C=O) groups is 1. The van der Waals surface area contributed by atoms with Crippen molar-refractivity contribution in [2.75, 3.05) is 31.5 Å². The fourth-order valence-corrected chi connectivity index (χ4v) is 3.31. The summed E-state index contributed by atoms with van der Waals surface area (Å²) in [5.74, 6) is 0. The average Bonchev–Trinajstić information content (AvgIpc) is 2.80. The minimum Gasteiger partial charge on any atom is -0.384 e. The van der Waals surface area contributed by atoms with Crippen molar-refractivity contribution in [3.63, 3.8) is 0 Å². The van der Waals surface area contributed by atoms with Gasteiger partial charge in [0.1, 0.15) is 0 Å². The molecule has 102 valence electrons. The van der Waals surface area contributed by atoms with Crippen LogP contribution in [-0.2, 0) is 5.41 Å². The van der Waals surface area contributed by atoms with Crippen molar-refractivity contribution in [3.8, 4) is 0 Å². The Morgan fingerprint density at radius 3 is 2.84 bits per heavy atom. The van der Waals surface area contributed by atoms with E-state index in [9.17, 15) is 4.79 Å². The van der Waals surface area contributed by atoms with Gasteiger partial charge in [-0.3, -0.25) is 0 Å². The largest absolute Gasteiger partial charge is 0.384 e. The molecular weight excluding hydrogens is 238 g/mol. The van der Waals surface area contributed by atoms with Crippen LogP contribution in [0.1, 0.15) is 25.3 Å². The average molecular weight is 259 g/mol. The molecule has 4 heteroatoms. The lowest BCUT2D eigenvalue weighted by atomic mass is 9.74. The number of amides is 2. The number of anilines is 1. The summed E-state index contributed by atoms with van der Waals surface area (Å²) in [6, 6.07) is 8.66. The molecule has 0 radical (unpaired) electrons. The van der Waals surface area contributed by atoms with Gasteiger partial charge in [0.25, 0.3) is 0 Å². The van der Waals surface area contributed by atoms with E-state index in [0.717, 1.165) is 32.5 Å². The van der Waals surface area contributed by atoms with Crippen LogP contribution in [0.4, 0.5) is 10.5 Å². The second kappa shape index (κ2) is 4.76. The number of piperidine rings is 1. The van der Waals surface area contributed by atoms with E-state index < -0.39 is 0 Å². The van der Waals surface area contributed by atoms with Gasteiger partial charge in [-0.1, -0.05) is 18.2 Å². The maximum atomic E-state index is 11.8. The molecule has 2 aliphatic heterocycles. The number of hydrogen-bond donors (Lipinski definition) is 2. The lowest BCUT2D eigenvalue weighted by Crippen LogP contribution is -2.49. The van der Waals surface area contributed by atoms with Gasteiger partial charge in [0.2, 0.25) is 0 Å². The summed E-state index contributed by atoms with van der Waals surface area (Å²) in [6.45, 7) is 5.37. The van der Waals surface area contributed by atoms with E-state index in [2.05, 4.69) is 34.9 Å². The summed E-state index contributed by atoms with van der Waals surface area (Å²) in [5, 5.41) is 6.40. The standard InChI is InChI=1S/C15H21N3O/c1-2-16-14(19)18-9-7-15(8-10-18)11-17-13-6-4-3-5-12(13)15/h3-6,17H,2,7-11H2,1H3,(H,16,19). The SMILES string of the molecule is CCNC(=O)N1CCC2(CC1)CNc1ccccc12. The number of carbonyl (C=O) groups excluding carboxylic acids is 1. The highest BCUT2D eigenvalue weighted by atomic mass is 16.2. The number of nitrogens with zero attached hydrogens (tertiary/aromatic N) is 1. The third kappa shape index (κ3) is 2.05. The van der Waals surface area contributed by atoms with Gasteiger partial charge in [-0.2, -0.15) is 0 Å². The molecule has 0 saturated carbocycles. The minimum absolute atomic E-state index is 0.0802. The summed E-state index contributed by atoms with van der Waals surface area (Å²) < 4.78 is 0. The second-order valence-corrected chi connectivity index (χ2v) is 5.50. The summed E-state index contributed by atoms with van der Waals surface area (Å²) in [6.07, 6.45) is 2.10. The Hall–Kier alpha value is -1.71. The Kier molecular flexibility index (Phi) is 3.09.